The highest BCUT2D eigenvalue weighted by Crippen LogP contribution is 2.56. The largest absolute Gasteiger partial charge is 0.508 e. The molecule has 3 nitrogen and oxygen atoms in total. The summed E-state index contributed by atoms with van der Waals surface area (Å²) in [5.41, 5.74) is 4.59. The molecule has 4 heteroatoms. The molecule has 2 aliphatic carbocycles. The first-order valence-electron chi connectivity index (χ1n) is 9.85. The minimum atomic E-state index is 0. The molecule has 1 saturated carbocycles. The number of piperidine rings is 1. The van der Waals surface area contributed by atoms with Crippen molar-refractivity contribution >= 4 is 12.4 Å². The van der Waals surface area contributed by atoms with Gasteiger partial charge in [0.05, 0.1) is 6.61 Å². The lowest BCUT2D eigenvalue weighted by molar-refractivity contribution is -0.00535. The SMILES string of the molecule is COCC(C)=CCN1CC[C@@]23CCCC[C@H]2[C@@H]1Cc1ccc(O)cc13.Cl. The number of likely N-dealkylation sites (tertiary alicyclic amines) is 1. The average Bonchev–Trinajstić information content (AvgIpc) is 2.62. The first-order chi connectivity index (χ1) is 12.1. The lowest BCUT2D eigenvalue weighted by atomic mass is 9.52. The van der Waals surface area contributed by atoms with E-state index >= 15 is 0 Å². The second kappa shape index (κ2) is 7.92. The molecule has 0 unspecified atom stereocenters. The Balaban J connectivity index is 0.00000196. The first kappa shape index (κ1) is 19.7. The fourth-order valence-electron chi connectivity index (χ4n) is 5.86. The highest BCUT2D eigenvalue weighted by atomic mass is 35.5. The number of halogens is 1. The Hall–Kier alpha value is -1.03. The number of phenols is 1. The van der Waals surface area contributed by atoms with Gasteiger partial charge in [0.1, 0.15) is 5.75 Å². The normalized spacial score (nSPS) is 30.9. The van der Waals surface area contributed by atoms with Crippen molar-refractivity contribution < 1.29 is 9.84 Å². The lowest BCUT2D eigenvalue weighted by Gasteiger charge is -2.59. The van der Waals surface area contributed by atoms with Crippen molar-refractivity contribution in [2.45, 2.75) is 56.9 Å². The molecule has 0 amide bonds. The number of aromatic hydroxyl groups is 1. The van der Waals surface area contributed by atoms with Crippen molar-refractivity contribution in [3.8, 4) is 5.75 Å². The van der Waals surface area contributed by atoms with Crippen LogP contribution in [0.3, 0.4) is 0 Å². The summed E-state index contributed by atoms with van der Waals surface area (Å²) in [5.74, 6) is 1.19. The minimum Gasteiger partial charge on any atom is -0.508 e. The average molecular weight is 378 g/mol. The minimum absolute atomic E-state index is 0. The number of fused-ring (bicyclic) bond motifs is 1. The quantitative estimate of drug-likeness (QED) is 0.786. The summed E-state index contributed by atoms with van der Waals surface area (Å²) in [4.78, 5) is 2.71. The molecule has 26 heavy (non-hydrogen) atoms. The predicted molar refractivity (Wildman–Crippen MR) is 108 cm³/mol. The highest BCUT2D eigenvalue weighted by molar-refractivity contribution is 5.85. The van der Waals surface area contributed by atoms with Crippen LogP contribution in [0.4, 0.5) is 0 Å². The molecule has 144 valence electrons. The maximum absolute atomic E-state index is 10.1. The Bertz CT molecular complexity index is 674. The second-order valence-electron chi connectivity index (χ2n) is 8.35. The van der Waals surface area contributed by atoms with Crippen LogP contribution in [0.1, 0.15) is 50.2 Å². The van der Waals surface area contributed by atoms with Crippen molar-refractivity contribution in [1.82, 2.24) is 4.90 Å². The number of benzene rings is 1. The molecule has 1 heterocycles. The van der Waals surface area contributed by atoms with Crippen molar-refractivity contribution in [3.63, 3.8) is 0 Å². The van der Waals surface area contributed by atoms with Gasteiger partial charge in [-0.05, 0) is 68.3 Å². The summed E-state index contributed by atoms with van der Waals surface area (Å²) in [6.45, 7) is 5.11. The Morgan fingerprint density at radius 2 is 2.19 bits per heavy atom. The van der Waals surface area contributed by atoms with Gasteiger partial charge in [0, 0.05) is 25.1 Å². The third kappa shape index (κ3) is 3.30. The molecule has 1 N–H and O–H groups in total. The topological polar surface area (TPSA) is 32.7 Å². The van der Waals surface area contributed by atoms with Crippen LogP contribution in [-0.4, -0.2) is 42.9 Å². The maximum atomic E-state index is 10.1. The Kier molecular flexibility index (Phi) is 6.01. The maximum Gasteiger partial charge on any atom is 0.115 e. The van der Waals surface area contributed by atoms with Crippen LogP contribution in [0.25, 0.3) is 0 Å². The van der Waals surface area contributed by atoms with Gasteiger partial charge < -0.3 is 9.84 Å². The summed E-state index contributed by atoms with van der Waals surface area (Å²) in [6.07, 6.45) is 10.1. The summed E-state index contributed by atoms with van der Waals surface area (Å²) in [5, 5.41) is 10.1. The van der Waals surface area contributed by atoms with Gasteiger partial charge in [0.2, 0.25) is 0 Å². The molecule has 1 aliphatic heterocycles. The van der Waals surface area contributed by atoms with Gasteiger partial charge in [-0.1, -0.05) is 30.6 Å². The van der Waals surface area contributed by atoms with Gasteiger partial charge in [-0.3, -0.25) is 4.90 Å². The Morgan fingerprint density at radius 3 is 3.00 bits per heavy atom. The van der Waals surface area contributed by atoms with Crippen molar-refractivity contribution in [2.75, 3.05) is 26.8 Å². The standard InChI is InChI=1S/C22H31NO2.ClH/c1-16(15-25-2)8-11-23-12-10-22-9-4-3-5-19(22)21(23)13-17-6-7-18(24)14-20(17)22;/h6-8,14,19,21,24H,3-5,9-13,15H2,1-2H3;1H/t19-,21-,22-;/m0./s1. The molecule has 1 aromatic carbocycles. The molecule has 1 saturated heterocycles. The number of nitrogens with zero attached hydrogens (tertiary/aromatic N) is 1. The zero-order valence-corrected chi connectivity index (χ0v) is 16.9. The van der Waals surface area contributed by atoms with Crippen LogP contribution in [0.5, 0.6) is 5.75 Å². The molecule has 3 aliphatic rings. The van der Waals surface area contributed by atoms with Gasteiger partial charge in [-0.25, -0.2) is 0 Å². The van der Waals surface area contributed by atoms with E-state index in [-0.39, 0.29) is 12.4 Å². The third-order valence-electron chi connectivity index (χ3n) is 6.98. The van der Waals surface area contributed by atoms with Gasteiger partial charge in [-0.15, -0.1) is 12.4 Å². The van der Waals surface area contributed by atoms with E-state index in [1.165, 1.54) is 55.3 Å². The molecule has 0 spiro atoms. The van der Waals surface area contributed by atoms with E-state index in [4.69, 9.17) is 4.74 Å². The summed E-state index contributed by atoms with van der Waals surface area (Å²) in [6, 6.07) is 6.79. The number of hydrogen-bond donors (Lipinski definition) is 1. The van der Waals surface area contributed by atoms with Crippen LogP contribution in [0.2, 0.25) is 0 Å². The highest BCUT2D eigenvalue weighted by Gasteiger charge is 2.53. The number of phenolic OH excluding ortho intramolecular Hbond substituents is 1. The van der Waals surface area contributed by atoms with Crippen LogP contribution in [0.15, 0.2) is 29.8 Å². The Morgan fingerprint density at radius 1 is 1.35 bits per heavy atom. The van der Waals surface area contributed by atoms with Gasteiger partial charge in [0.15, 0.2) is 0 Å². The van der Waals surface area contributed by atoms with Crippen molar-refractivity contribution in [2.24, 2.45) is 5.92 Å². The lowest BCUT2D eigenvalue weighted by Crippen LogP contribution is -2.60. The number of methoxy groups -OCH3 is 1. The molecule has 2 bridgehead atoms. The van der Waals surface area contributed by atoms with E-state index in [1.807, 2.05) is 6.07 Å². The van der Waals surface area contributed by atoms with E-state index in [2.05, 4.69) is 30.0 Å². The molecular weight excluding hydrogens is 346 g/mol. The van der Waals surface area contributed by atoms with E-state index in [0.29, 0.717) is 17.2 Å². The van der Waals surface area contributed by atoms with Crippen LogP contribution in [-0.2, 0) is 16.6 Å². The zero-order chi connectivity index (χ0) is 17.4. The molecular formula is C22H32ClNO2. The van der Waals surface area contributed by atoms with E-state index in [0.717, 1.165) is 25.5 Å². The number of hydrogen-bond acceptors (Lipinski definition) is 3. The van der Waals surface area contributed by atoms with Crippen LogP contribution < -0.4 is 0 Å². The van der Waals surface area contributed by atoms with Crippen molar-refractivity contribution in [3.05, 3.63) is 41.0 Å². The number of ether oxygens (including phenoxy) is 1. The van der Waals surface area contributed by atoms with Crippen LogP contribution >= 0.6 is 12.4 Å². The summed E-state index contributed by atoms with van der Waals surface area (Å²) < 4.78 is 5.26. The Labute approximate surface area is 163 Å². The third-order valence-corrected chi connectivity index (χ3v) is 6.98. The van der Waals surface area contributed by atoms with Gasteiger partial charge >= 0.3 is 0 Å². The molecule has 2 fully saturated rings. The molecule has 4 rings (SSSR count). The number of rotatable bonds is 4. The van der Waals surface area contributed by atoms with Gasteiger partial charge in [0.25, 0.3) is 0 Å². The fraction of sp³-hybridized carbons (Fsp3) is 0.636. The summed E-state index contributed by atoms with van der Waals surface area (Å²) in [7, 11) is 1.77. The van der Waals surface area contributed by atoms with Crippen molar-refractivity contribution in [1.29, 1.82) is 0 Å². The summed E-state index contributed by atoms with van der Waals surface area (Å²) >= 11 is 0. The molecule has 3 atom stereocenters. The molecule has 0 radical (unpaired) electrons. The van der Waals surface area contributed by atoms with Crippen LogP contribution in [0, 0.1) is 5.92 Å². The fourth-order valence-corrected chi connectivity index (χ4v) is 5.86. The monoisotopic (exact) mass is 377 g/mol. The predicted octanol–water partition coefficient (Wildman–Crippen LogP) is 4.47. The smallest absolute Gasteiger partial charge is 0.115 e. The van der Waals surface area contributed by atoms with Gasteiger partial charge in [-0.2, -0.15) is 0 Å². The zero-order valence-electron chi connectivity index (χ0n) is 16.0. The first-order valence-corrected chi connectivity index (χ1v) is 9.85. The van der Waals surface area contributed by atoms with E-state index in [1.54, 1.807) is 7.11 Å². The van der Waals surface area contributed by atoms with E-state index < -0.39 is 0 Å². The molecule has 1 aromatic rings. The van der Waals surface area contributed by atoms with E-state index in [9.17, 15) is 5.11 Å². The molecule has 0 aromatic heterocycles. The second-order valence-corrected chi connectivity index (χ2v) is 8.35.